The first-order valence-corrected chi connectivity index (χ1v) is 15.5. The highest BCUT2D eigenvalue weighted by molar-refractivity contribution is 7.92. The number of fused-ring (bicyclic) bond motifs is 1. The van der Waals surface area contributed by atoms with E-state index >= 15 is 0 Å². The summed E-state index contributed by atoms with van der Waals surface area (Å²) in [5, 5.41) is 3.71. The summed E-state index contributed by atoms with van der Waals surface area (Å²) in [6.45, 7) is 6.02. The molecule has 1 aliphatic heterocycles. The number of hydrogen-bond acceptors (Lipinski definition) is 6. The van der Waals surface area contributed by atoms with Gasteiger partial charge < -0.3 is 19.7 Å². The normalized spacial score (nSPS) is 14.0. The zero-order chi connectivity index (χ0) is 28.7. The fraction of sp³-hybridized carbons (Fsp3) is 0.481. The van der Waals surface area contributed by atoms with E-state index in [9.17, 15) is 18.0 Å². The summed E-state index contributed by atoms with van der Waals surface area (Å²) in [5.41, 5.74) is 1.15. The average Bonchev–Trinajstić information content (AvgIpc) is 3.35. The first-order chi connectivity index (χ1) is 18.4. The summed E-state index contributed by atoms with van der Waals surface area (Å²) in [5.74, 6) is 0.495. The molecule has 9 nitrogen and oxygen atoms in total. The van der Waals surface area contributed by atoms with Crippen LogP contribution in [0.2, 0.25) is 10.0 Å². The van der Waals surface area contributed by atoms with E-state index in [1.54, 1.807) is 36.4 Å². The molecule has 1 N–H and O–H groups in total. The van der Waals surface area contributed by atoms with E-state index < -0.39 is 16.1 Å². The average molecular weight is 601 g/mol. The summed E-state index contributed by atoms with van der Waals surface area (Å²) in [4.78, 5) is 28.2. The van der Waals surface area contributed by atoms with Gasteiger partial charge in [-0.2, -0.15) is 0 Å². The number of carbonyl (C=O) groups is 2. The number of benzene rings is 2. The van der Waals surface area contributed by atoms with Crippen molar-refractivity contribution in [3.63, 3.8) is 0 Å². The van der Waals surface area contributed by atoms with Gasteiger partial charge in [-0.05, 0) is 56.0 Å². The Labute approximate surface area is 240 Å². The van der Waals surface area contributed by atoms with Gasteiger partial charge in [0.25, 0.3) is 0 Å². The number of ether oxygens (including phenoxy) is 2. The second-order valence-electron chi connectivity index (χ2n) is 9.49. The van der Waals surface area contributed by atoms with Gasteiger partial charge in [0.15, 0.2) is 11.5 Å². The maximum atomic E-state index is 13.6. The number of hydrogen-bond donors (Lipinski definition) is 1. The molecule has 3 rings (SSSR count). The van der Waals surface area contributed by atoms with Gasteiger partial charge in [0.05, 0.1) is 22.0 Å². The van der Waals surface area contributed by atoms with Crippen LogP contribution in [0.3, 0.4) is 0 Å². The van der Waals surface area contributed by atoms with Gasteiger partial charge in [-0.15, -0.1) is 0 Å². The molecule has 0 aromatic heterocycles. The van der Waals surface area contributed by atoms with Crippen molar-refractivity contribution >= 4 is 50.7 Å². The van der Waals surface area contributed by atoms with E-state index in [0.717, 1.165) is 18.2 Å². The summed E-state index contributed by atoms with van der Waals surface area (Å²) in [6, 6.07) is 9.24. The Kier molecular flexibility index (Phi) is 10.7. The molecule has 2 amide bonds. The third-order valence-corrected chi connectivity index (χ3v) is 8.45. The Morgan fingerprint density at radius 2 is 1.74 bits per heavy atom. The predicted molar refractivity (Wildman–Crippen MR) is 153 cm³/mol. The van der Waals surface area contributed by atoms with Gasteiger partial charge in [0.2, 0.25) is 28.6 Å². The third-order valence-electron chi connectivity index (χ3n) is 6.52. The number of sulfonamides is 1. The lowest BCUT2D eigenvalue weighted by Gasteiger charge is -2.32. The SMILES string of the molecule is CC[C@@H](C)NC(=O)[C@H](CC)N(Cc1ccc(Cl)c(Cl)c1)C(=O)CCCN(c1ccc2c(c1)OCO2)S(C)(=O)=O. The zero-order valence-electron chi connectivity index (χ0n) is 22.6. The topological polar surface area (TPSA) is 105 Å². The summed E-state index contributed by atoms with van der Waals surface area (Å²) < 4.78 is 37.1. The van der Waals surface area contributed by atoms with Crippen LogP contribution < -0.4 is 19.1 Å². The van der Waals surface area contributed by atoms with Crippen molar-refractivity contribution in [3.8, 4) is 11.5 Å². The molecule has 39 heavy (non-hydrogen) atoms. The van der Waals surface area contributed by atoms with Crippen LogP contribution in [0.5, 0.6) is 11.5 Å². The molecule has 0 saturated carbocycles. The first-order valence-electron chi connectivity index (χ1n) is 12.9. The summed E-state index contributed by atoms with van der Waals surface area (Å²) in [6.07, 6.45) is 2.54. The fourth-order valence-electron chi connectivity index (χ4n) is 4.24. The van der Waals surface area contributed by atoms with Crippen LogP contribution in [0.15, 0.2) is 36.4 Å². The van der Waals surface area contributed by atoms with Gasteiger partial charge in [-0.25, -0.2) is 8.42 Å². The molecule has 2 aromatic carbocycles. The summed E-state index contributed by atoms with van der Waals surface area (Å²) in [7, 11) is -3.64. The largest absolute Gasteiger partial charge is 0.454 e. The van der Waals surface area contributed by atoms with Crippen molar-refractivity contribution in [2.75, 3.05) is 23.9 Å². The van der Waals surface area contributed by atoms with Gasteiger partial charge in [0.1, 0.15) is 6.04 Å². The van der Waals surface area contributed by atoms with Crippen molar-refractivity contribution in [1.29, 1.82) is 0 Å². The maximum absolute atomic E-state index is 13.6. The van der Waals surface area contributed by atoms with Crippen molar-refractivity contribution in [1.82, 2.24) is 10.2 Å². The molecule has 0 saturated heterocycles. The monoisotopic (exact) mass is 599 g/mol. The van der Waals surface area contributed by atoms with E-state index in [1.165, 1.54) is 9.21 Å². The molecule has 0 bridgehead atoms. The molecule has 2 aromatic rings. The fourth-order valence-corrected chi connectivity index (χ4v) is 5.52. The number of carbonyl (C=O) groups excluding carboxylic acids is 2. The molecule has 2 atom stereocenters. The van der Waals surface area contributed by atoms with Crippen molar-refractivity contribution in [2.24, 2.45) is 0 Å². The van der Waals surface area contributed by atoms with Crippen molar-refractivity contribution in [3.05, 3.63) is 52.0 Å². The lowest BCUT2D eigenvalue weighted by Crippen LogP contribution is -2.50. The van der Waals surface area contributed by atoms with Crippen LogP contribution in [0.1, 0.15) is 52.0 Å². The van der Waals surface area contributed by atoms with Gasteiger partial charge in [0, 0.05) is 31.6 Å². The Bertz CT molecular complexity index is 1290. The highest BCUT2D eigenvalue weighted by Gasteiger charge is 2.30. The molecule has 1 heterocycles. The summed E-state index contributed by atoms with van der Waals surface area (Å²) >= 11 is 12.3. The molecule has 0 aliphatic carbocycles. The molecular weight excluding hydrogens is 565 g/mol. The Morgan fingerprint density at radius 1 is 1.03 bits per heavy atom. The van der Waals surface area contributed by atoms with E-state index in [2.05, 4.69) is 5.32 Å². The van der Waals surface area contributed by atoms with Gasteiger partial charge >= 0.3 is 0 Å². The van der Waals surface area contributed by atoms with Gasteiger partial charge in [-0.3, -0.25) is 13.9 Å². The number of nitrogens with zero attached hydrogens (tertiary/aromatic N) is 2. The minimum Gasteiger partial charge on any atom is -0.454 e. The van der Waals surface area contributed by atoms with Crippen LogP contribution in [-0.4, -0.2) is 56.8 Å². The molecule has 0 fully saturated rings. The molecule has 1 aliphatic rings. The van der Waals surface area contributed by atoms with Crippen LogP contribution in [-0.2, 0) is 26.2 Å². The predicted octanol–water partition coefficient (Wildman–Crippen LogP) is 4.99. The Hall–Kier alpha value is -2.69. The third kappa shape index (κ3) is 8.16. The van der Waals surface area contributed by atoms with Crippen molar-refractivity contribution < 1.29 is 27.5 Å². The first kappa shape index (κ1) is 30.8. The second-order valence-corrected chi connectivity index (χ2v) is 12.2. The van der Waals surface area contributed by atoms with E-state index in [4.69, 9.17) is 32.7 Å². The quantitative estimate of drug-likeness (QED) is 0.348. The molecule has 214 valence electrons. The molecular formula is C27H35Cl2N3O6S. The Morgan fingerprint density at radius 3 is 2.38 bits per heavy atom. The molecule has 0 unspecified atom stereocenters. The molecule has 0 spiro atoms. The van der Waals surface area contributed by atoms with Crippen LogP contribution in [0, 0.1) is 0 Å². The highest BCUT2D eigenvalue weighted by Crippen LogP contribution is 2.36. The Balaban J connectivity index is 1.78. The maximum Gasteiger partial charge on any atom is 0.243 e. The lowest BCUT2D eigenvalue weighted by molar-refractivity contribution is -0.141. The van der Waals surface area contributed by atoms with Crippen molar-refractivity contribution in [2.45, 2.75) is 65.1 Å². The standard InChI is InChI=1S/C27H35Cl2N3O6S/c1-5-18(3)30-27(34)23(6-2)31(16-19-9-11-21(28)22(29)14-19)26(33)8-7-13-32(39(4,35)36)20-10-12-24-25(15-20)38-17-37-24/h9-12,14-15,18,23H,5-8,13,16-17H2,1-4H3,(H,30,34)/t18-,23+/m1/s1. The number of nitrogens with one attached hydrogen (secondary N) is 1. The smallest absolute Gasteiger partial charge is 0.243 e. The second kappa shape index (κ2) is 13.6. The highest BCUT2D eigenvalue weighted by atomic mass is 35.5. The minimum absolute atomic E-state index is 0.0327. The number of amides is 2. The zero-order valence-corrected chi connectivity index (χ0v) is 24.9. The number of rotatable bonds is 13. The molecule has 12 heteroatoms. The van der Waals surface area contributed by atoms with E-state index in [-0.39, 0.29) is 50.6 Å². The van der Waals surface area contributed by atoms with Crippen LogP contribution in [0.4, 0.5) is 5.69 Å². The minimum atomic E-state index is -3.64. The van der Waals surface area contributed by atoms with Crippen LogP contribution in [0.25, 0.3) is 0 Å². The molecule has 0 radical (unpaired) electrons. The van der Waals surface area contributed by atoms with E-state index in [0.29, 0.717) is 33.7 Å². The van der Waals surface area contributed by atoms with E-state index in [1.807, 2.05) is 20.8 Å². The van der Waals surface area contributed by atoms with Gasteiger partial charge in [-0.1, -0.05) is 43.1 Å². The number of halogens is 2. The lowest BCUT2D eigenvalue weighted by atomic mass is 10.1. The number of anilines is 1. The van der Waals surface area contributed by atoms with Crippen LogP contribution >= 0.6 is 23.2 Å².